The number of aliphatic carboxylic acids is 1. The molecule has 0 spiro atoms. The Hall–Kier alpha value is -1.66. The molecule has 0 saturated heterocycles. The molecule has 0 bridgehead atoms. The summed E-state index contributed by atoms with van der Waals surface area (Å²) in [5.74, 6) is -1.63. The molecule has 7 heteroatoms. The van der Waals surface area contributed by atoms with Gasteiger partial charge in [-0.15, -0.1) is 0 Å². The normalized spacial score (nSPS) is 12.1. The first kappa shape index (κ1) is 16.4. The van der Waals surface area contributed by atoms with Gasteiger partial charge in [0, 0.05) is 16.7 Å². The van der Waals surface area contributed by atoms with Gasteiger partial charge in [0.2, 0.25) is 0 Å². The van der Waals surface area contributed by atoms with Crippen LogP contribution < -0.4 is 5.73 Å². The lowest BCUT2D eigenvalue weighted by Crippen LogP contribution is -2.17. The average molecular weight is 301 g/mol. The summed E-state index contributed by atoms with van der Waals surface area (Å²) in [6.45, 7) is 0.504. The third-order valence-electron chi connectivity index (χ3n) is 3.06. The van der Waals surface area contributed by atoms with Crippen molar-refractivity contribution in [3.05, 3.63) is 38.9 Å². The van der Waals surface area contributed by atoms with Crippen molar-refractivity contribution >= 4 is 23.3 Å². The molecule has 1 unspecified atom stereocenters. The fourth-order valence-electron chi connectivity index (χ4n) is 2.01. The second kappa shape index (κ2) is 7.81. The minimum absolute atomic E-state index is 0.0940. The molecule has 0 heterocycles. The number of rotatable bonds is 8. The summed E-state index contributed by atoms with van der Waals surface area (Å²) in [6.07, 6.45) is 1.95. The monoisotopic (exact) mass is 300 g/mol. The minimum Gasteiger partial charge on any atom is -0.481 e. The van der Waals surface area contributed by atoms with Gasteiger partial charge >= 0.3 is 5.97 Å². The first-order chi connectivity index (χ1) is 9.45. The zero-order valence-electron chi connectivity index (χ0n) is 10.9. The molecule has 0 aromatic heterocycles. The Kier molecular flexibility index (Phi) is 6.41. The quantitative estimate of drug-likeness (QED) is 0.436. The Balaban J connectivity index is 2.89. The Morgan fingerprint density at radius 2 is 2.15 bits per heavy atom. The highest BCUT2D eigenvalue weighted by molar-refractivity contribution is 6.30. The number of carboxylic acids is 1. The van der Waals surface area contributed by atoms with E-state index in [4.69, 9.17) is 17.3 Å². The smallest absolute Gasteiger partial charge is 0.306 e. The van der Waals surface area contributed by atoms with Crippen LogP contribution in [-0.2, 0) is 11.2 Å². The molecule has 1 aromatic carbocycles. The molecule has 0 radical (unpaired) electrons. The van der Waals surface area contributed by atoms with E-state index in [1.54, 1.807) is 0 Å². The van der Waals surface area contributed by atoms with E-state index in [1.165, 1.54) is 18.2 Å². The van der Waals surface area contributed by atoms with E-state index < -0.39 is 16.8 Å². The lowest BCUT2D eigenvalue weighted by atomic mass is 9.93. The van der Waals surface area contributed by atoms with Crippen molar-refractivity contribution in [3.8, 4) is 0 Å². The van der Waals surface area contributed by atoms with E-state index in [9.17, 15) is 20.0 Å². The van der Waals surface area contributed by atoms with Gasteiger partial charge in [0.15, 0.2) is 0 Å². The molecule has 0 aliphatic heterocycles. The highest BCUT2D eigenvalue weighted by Gasteiger charge is 2.22. The van der Waals surface area contributed by atoms with Gasteiger partial charge in [0.1, 0.15) is 0 Å². The summed E-state index contributed by atoms with van der Waals surface area (Å²) >= 11 is 5.82. The van der Waals surface area contributed by atoms with E-state index >= 15 is 0 Å². The Morgan fingerprint density at radius 1 is 1.45 bits per heavy atom. The molecular formula is C13H17ClN2O4. The number of nitro groups is 1. The molecule has 110 valence electrons. The first-order valence-corrected chi connectivity index (χ1v) is 6.69. The Bertz CT molecular complexity index is 493. The minimum atomic E-state index is -0.962. The van der Waals surface area contributed by atoms with Crippen molar-refractivity contribution in [2.24, 2.45) is 11.7 Å². The third-order valence-corrected chi connectivity index (χ3v) is 3.30. The van der Waals surface area contributed by atoms with Crippen molar-refractivity contribution in [3.63, 3.8) is 0 Å². The van der Waals surface area contributed by atoms with E-state index in [0.717, 1.165) is 6.42 Å². The van der Waals surface area contributed by atoms with Gasteiger partial charge in [0.25, 0.3) is 5.69 Å². The molecule has 0 aliphatic rings. The predicted octanol–water partition coefficient (Wildman–Crippen LogP) is 2.62. The van der Waals surface area contributed by atoms with E-state index in [1.807, 2.05) is 0 Å². The lowest BCUT2D eigenvalue weighted by molar-refractivity contribution is -0.385. The summed E-state index contributed by atoms with van der Waals surface area (Å²) in [4.78, 5) is 21.6. The summed E-state index contributed by atoms with van der Waals surface area (Å²) in [5.41, 5.74) is 5.62. The first-order valence-electron chi connectivity index (χ1n) is 6.31. The number of nitrogens with two attached hydrogens (primary N) is 1. The molecule has 0 aliphatic carbocycles. The van der Waals surface area contributed by atoms with E-state index in [2.05, 4.69) is 0 Å². The number of hydrogen-bond acceptors (Lipinski definition) is 4. The maximum Gasteiger partial charge on any atom is 0.306 e. The van der Waals surface area contributed by atoms with Gasteiger partial charge in [-0.3, -0.25) is 14.9 Å². The van der Waals surface area contributed by atoms with Crippen LogP contribution in [0.3, 0.4) is 0 Å². The number of benzene rings is 1. The van der Waals surface area contributed by atoms with Crippen LogP contribution >= 0.6 is 11.6 Å². The number of carboxylic acid groups (broad SMARTS) is 1. The molecule has 20 heavy (non-hydrogen) atoms. The fraction of sp³-hybridized carbons (Fsp3) is 0.462. The number of nitro benzene ring substituents is 1. The van der Waals surface area contributed by atoms with Crippen LogP contribution in [0.2, 0.25) is 5.02 Å². The summed E-state index contributed by atoms with van der Waals surface area (Å²) in [6, 6.07) is 4.18. The van der Waals surface area contributed by atoms with Gasteiger partial charge in [-0.05, 0) is 37.9 Å². The van der Waals surface area contributed by atoms with Gasteiger partial charge in [-0.1, -0.05) is 18.0 Å². The van der Waals surface area contributed by atoms with Gasteiger partial charge in [-0.25, -0.2) is 0 Å². The number of hydrogen-bond donors (Lipinski definition) is 2. The highest BCUT2D eigenvalue weighted by atomic mass is 35.5. The zero-order valence-corrected chi connectivity index (χ0v) is 11.7. The van der Waals surface area contributed by atoms with Crippen LogP contribution in [0.4, 0.5) is 5.69 Å². The molecule has 6 nitrogen and oxygen atoms in total. The van der Waals surface area contributed by atoms with E-state index in [-0.39, 0.29) is 12.1 Å². The zero-order chi connectivity index (χ0) is 15.1. The Labute approximate surface area is 121 Å². The lowest BCUT2D eigenvalue weighted by Gasteiger charge is -2.12. The van der Waals surface area contributed by atoms with Gasteiger partial charge < -0.3 is 10.8 Å². The molecule has 0 fully saturated rings. The third kappa shape index (κ3) is 4.79. The van der Waals surface area contributed by atoms with Crippen molar-refractivity contribution in [2.75, 3.05) is 6.54 Å². The number of halogens is 1. The van der Waals surface area contributed by atoms with Crippen molar-refractivity contribution in [1.82, 2.24) is 0 Å². The number of carbonyl (C=O) groups is 1. The second-order valence-electron chi connectivity index (χ2n) is 4.55. The van der Waals surface area contributed by atoms with Crippen LogP contribution in [0.25, 0.3) is 0 Å². The fourth-order valence-corrected chi connectivity index (χ4v) is 2.20. The molecule has 1 rings (SSSR count). The summed E-state index contributed by atoms with van der Waals surface area (Å²) in [5, 5.41) is 20.5. The standard InChI is InChI=1S/C13H17ClN2O4/c14-11-4-5-12(16(19)20)10(8-11)7-9(13(17)18)3-1-2-6-15/h4-5,8-9H,1-3,6-7,15H2,(H,17,18). The van der Waals surface area contributed by atoms with Crippen LogP contribution in [0.1, 0.15) is 24.8 Å². The topological polar surface area (TPSA) is 106 Å². The summed E-state index contributed by atoms with van der Waals surface area (Å²) in [7, 11) is 0. The second-order valence-corrected chi connectivity index (χ2v) is 4.99. The maximum atomic E-state index is 11.2. The number of unbranched alkanes of at least 4 members (excludes halogenated alkanes) is 1. The Morgan fingerprint density at radius 3 is 2.70 bits per heavy atom. The largest absolute Gasteiger partial charge is 0.481 e. The molecule has 0 saturated carbocycles. The number of nitrogens with zero attached hydrogens (tertiary/aromatic N) is 1. The predicted molar refractivity (Wildman–Crippen MR) is 75.8 cm³/mol. The SMILES string of the molecule is NCCCCC(Cc1cc(Cl)ccc1[N+](=O)[O-])C(=O)O. The average Bonchev–Trinajstić information content (AvgIpc) is 2.37. The van der Waals surface area contributed by atoms with Crippen LogP contribution in [0, 0.1) is 16.0 Å². The maximum absolute atomic E-state index is 11.2. The molecular weight excluding hydrogens is 284 g/mol. The molecule has 1 atom stereocenters. The highest BCUT2D eigenvalue weighted by Crippen LogP contribution is 2.26. The van der Waals surface area contributed by atoms with Crippen LogP contribution in [0.5, 0.6) is 0 Å². The molecule has 1 aromatic rings. The van der Waals surface area contributed by atoms with Gasteiger partial charge in [0.05, 0.1) is 10.8 Å². The van der Waals surface area contributed by atoms with Crippen molar-refractivity contribution in [1.29, 1.82) is 0 Å². The van der Waals surface area contributed by atoms with Crippen LogP contribution in [0.15, 0.2) is 18.2 Å². The van der Waals surface area contributed by atoms with Gasteiger partial charge in [-0.2, -0.15) is 0 Å². The molecule has 3 N–H and O–H groups in total. The van der Waals surface area contributed by atoms with Crippen LogP contribution in [-0.4, -0.2) is 22.5 Å². The van der Waals surface area contributed by atoms with E-state index in [0.29, 0.717) is 30.0 Å². The molecule has 0 amide bonds. The van der Waals surface area contributed by atoms with Crippen molar-refractivity contribution < 1.29 is 14.8 Å². The van der Waals surface area contributed by atoms with Crippen molar-refractivity contribution in [2.45, 2.75) is 25.7 Å². The summed E-state index contributed by atoms with van der Waals surface area (Å²) < 4.78 is 0.